The van der Waals surface area contributed by atoms with E-state index in [0.29, 0.717) is 13.0 Å². The number of carbonyl (C=O) groups is 1. The van der Waals surface area contributed by atoms with Gasteiger partial charge in [-0.15, -0.1) is 0 Å². The Balaban J connectivity index is 4.20. The van der Waals surface area contributed by atoms with Gasteiger partial charge in [-0.3, -0.25) is 4.79 Å². The second kappa shape index (κ2) is 16.9. The average molecular weight is 457 g/mol. The monoisotopic (exact) mass is 456 g/mol. The molecule has 0 spiro atoms. The number of amides is 1. The Morgan fingerprint density at radius 1 is 0.750 bits per heavy atom. The van der Waals surface area contributed by atoms with E-state index >= 15 is 0 Å². The lowest BCUT2D eigenvalue weighted by molar-refractivity contribution is -0.131. The van der Waals surface area contributed by atoms with Crippen molar-refractivity contribution < 1.29 is 15.0 Å². The van der Waals surface area contributed by atoms with Crippen molar-refractivity contribution >= 4 is 5.91 Å². The number of carbonyl (C=O) groups excluding carboxylic acids is 1. The number of aliphatic hydroxyl groups is 2. The zero-order valence-electron chi connectivity index (χ0n) is 22.4. The predicted octanol–water partition coefficient (Wildman–Crippen LogP) is 5.72. The summed E-state index contributed by atoms with van der Waals surface area (Å²) < 4.78 is 0. The maximum absolute atomic E-state index is 12.5. The summed E-state index contributed by atoms with van der Waals surface area (Å²) in [5, 5.41) is 27.6. The minimum absolute atomic E-state index is 0.116. The van der Waals surface area contributed by atoms with Crippen molar-refractivity contribution in [1.29, 1.82) is 0 Å². The normalized spacial score (nSPS) is 15.4. The Morgan fingerprint density at radius 2 is 1.19 bits per heavy atom. The van der Waals surface area contributed by atoms with Crippen LogP contribution in [-0.2, 0) is 4.79 Å². The van der Waals surface area contributed by atoms with Gasteiger partial charge < -0.3 is 20.8 Å². The van der Waals surface area contributed by atoms with Crippen molar-refractivity contribution in [2.45, 2.75) is 156 Å². The fraction of sp³-hybridized carbons (Fsp3) is 0.963. The van der Waals surface area contributed by atoms with E-state index in [9.17, 15) is 15.0 Å². The van der Waals surface area contributed by atoms with E-state index in [0.717, 1.165) is 12.8 Å². The van der Waals surface area contributed by atoms with Crippen LogP contribution in [0.5, 0.6) is 0 Å². The molecule has 5 heteroatoms. The minimum Gasteiger partial charge on any atom is -0.390 e. The molecule has 0 rings (SSSR count). The van der Waals surface area contributed by atoms with Crippen LogP contribution in [0.4, 0.5) is 0 Å². The summed E-state index contributed by atoms with van der Waals surface area (Å²) in [5.41, 5.74) is -0.676. The molecule has 0 aromatic carbocycles. The molecule has 0 saturated heterocycles. The van der Waals surface area contributed by atoms with Crippen molar-refractivity contribution in [1.82, 2.24) is 10.6 Å². The molecule has 0 radical (unpaired) electrons. The van der Waals surface area contributed by atoms with Crippen molar-refractivity contribution in [2.24, 2.45) is 5.41 Å². The lowest BCUT2D eigenvalue weighted by Crippen LogP contribution is -2.57. The van der Waals surface area contributed by atoms with E-state index < -0.39 is 23.7 Å². The van der Waals surface area contributed by atoms with Crippen molar-refractivity contribution in [3.05, 3.63) is 0 Å². The minimum atomic E-state index is -0.983. The second-order valence-corrected chi connectivity index (χ2v) is 11.7. The first-order chi connectivity index (χ1) is 14.9. The Morgan fingerprint density at radius 3 is 1.59 bits per heavy atom. The Labute approximate surface area is 199 Å². The van der Waals surface area contributed by atoms with Gasteiger partial charge in [0.1, 0.15) is 6.10 Å². The molecule has 1 amide bonds. The second-order valence-electron chi connectivity index (χ2n) is 11.7. The van der Waals surface area contributed by atoms with E-state index in [1.54, 1.807) is 0 Å². The lowest BCUT2D eigenvalue weighted by atomic mass is 9.93. The fourth-order valence-corrected chi connectivity index (χ4v) is 3.69. The number of rotatable bonds is 18. The molecule has 0 bridgehead atoms. The molecule has 0 aliphatic heterocycles. The van der Waals surface area contributed by atoms with Crippen LogP contribution in [0.2, 0.25) is 0 Å². The van der Waals surface area contributed by atoms with E-state index in [2.05, 4.69) is 17.6 Å². The Kier molecular flexibility index (Phi) is 16.5. The summed E-state index contributed by atoms with van der Waals surface area (Å²) in [6, 6.07) is -0.520. The first kappa shape index (κ1) is 31.4. The standard InChI is InChI=1S/C27H56N2O3/c1-8-9-10-11-12-13-14-15-16-17-18-19-20-23(30)24(31)22(21-28-27(5,6)7)29-25(32)26(2,3)4/h22-24,28,30-31H,8-21H2,1-7H3,(H,29,32)/t22-,23+,24-/m0/s1. The molecule has 0 aliphatic carbocycles. The average Bonchev–Trinajstić information content (AvgIpc) is 2.69. The summed E-state index contributed by atoms with van der Waals surface area (Å²) in [4.78, 5) is 12.5. The van der Waals surface area contributed by atoms with Gasteiger partial charge in [-0.2, -0.15) is 0 Å². The molecule has 0 aromatic heterocycles. The van der Waals surface area contributed by atoms with Crippen LogP contribution in [0.1, 0.15) is 132 Å². The summed E-state index contributed by atoms with van der Waals surface area (Å²) in [7, 11) is 0. The molecule has 3 atom stereocenters. The van der Waals surface area contributed by atoms with Crippen LogP contribution in [0, 0.1) is 5.41 Å². The highest BCUT2D eigenvalue weighted by molar-refractivity contribution is 5.81. The highest BCUT2D eigenvalue weighted by Crippen LogP contribution is 2.17. The van der Waals surface area contributed by atoms with Gasteiger partial charge in [-0.25, -0.2) is 0 Å². The lowest BCUT2D eigenvalue weighted by Gasteiger charge is -2.33. The third-order valence-electron chi connectivity index (χ3n) is 6.01. The molecular weight excluding hydrogens is 400 g/mol. The number of aliphatic hydroxyl groups excluding tert-OH is 2. The highest BCUT2D eigenvalue weighted by atomic mass is 16.3. The van der Waals surface area contributed by atoms with Crippen molar-refractivity contribution in [3.63, 3.8) is 0 Å². The zero-order valence-corrected chi connectivity index (χ0v) is 22.4. The van der Waals surface area contributed by atoms with Crippen LogP contribution in [0.15, 0.2) is 0 Å². The molecule has 192 valence electrons. The smallest absolute Gasteiger partial charge is 0.225 e. The molecule has 32 heavy (non-hydrogen) atoms. The summed E-state index contributed by atoms with van der Waals surface area (Å²) in [5.74, 6) is -0.116. The zero-order chi connectivity index (χ0) is 24.6. The number of hydrogen-bond acceptors (Lipinski definition) is 4. The molecule has 0 unspecified atom stereocenters. The molecule has 5 nitrogen and oxygen atoms in total. The molecular formula is C27H56N2O3. The number of nitrogens with one attached hydrogen (secondary N) is 2. The molecule has 0 aromatic rings. The maximum Gasteiger partial charge on any atom is 0.225 e. The van der Waals surface area contributed by atoms with Gasteiger partial charge >= 0.3 is 0 Å². The Bertz CT molecular complexity index is 469. The Hall–Kier alpha value is -0.650. The molecule has 0 saturated carbocycles. The number of unbranched alkanes of at least 4 members (excludes halogenated alkanes) is 11. The van der Waals surface area contributed by atoms with Crippen LogP contribution < -0.4 is 10.6 Å². The highest BCUT2D eigenvalue weighted by Gasteiger charge is 2.31. The van der Waals surface area contributed by atoms with Crippen LogP contribution in [-0.4, -0.2) is 46.5 Å². The summed E-state index contributed by atoms with van der Waals surface area (Å²) in [6.45, 7) is 14.4. The van der Waals surface area contributed by atoms with Crippen molar-refractivity contribution in [2.75, 3.05) is 6.54 Å². The summed E-state index contributed by atoms with van der Waals surface area (Å²) in [6.07, 6.45) is 14.0. The summed E-state index contributed by atoms with van der Waals surface area (Å²) >= 11 is 0. The fourth-order valence-electron chi connectivity index (χ4n) is 3.69. The molecule has 0 aliphatic rings. The largest absolute Gasteiger partial charge is 0.390 e. The van der Waals surface area contributed by atoms with E-state index in [1.165, 1.54) is 64.2 Å². The van der Waals surface area contributed by atoms with Crippen LogP contribution in [0.25, 0.3) is 0 Å². The van der Waals surface area contributed by atoms with Gasteiger partial charge in [-0.1, -0.05) is 105 Å². The van der Waals surface area contributed by atoms with E-state index in [1.807, 2.05) is 41.5 Å². The van der Waals surface area contributed by atoms with Gasteiger partial charge in [0.2, 0.25) is 5.91 Å². The molecule has 0 heterocycles. The third kappa shape index (κ3) is 16.9. The molecule has 4 N–H and O–H groups in total. The molecule has 0 fully saturated rings. The SMILES string of the molecule is CCCCCCCCCCCCCC[C@@H](O)[C@@H](O)[C@H](CNC(C)(C)C)NC(=O)C(C)(C)C. The van der Waals surface area contributed by atoms with Crippen LogP contribution >= 0.6 is 0 Å². The predicted molar refractivity (Wildman–Crippen MR) is 137 cm³/mol. The first-order valence-electron chi connectivity index (χ1n) is 13.3. The van der Waals surface area contributed by atoms with Gasteiger partial charge in [0.25, 0.3) is 0 Å². The van der Waals surface area contributed by atoms with Gasteiger partial charge in [0.15, 0.2) is 0 Å². The van der Waals surface area contributed by atoms with Gasteiger partial charge in [-0.05, 0) is 27.2 Å². The van der Waals surface area contributed by atoms with Gasteiger partial charge in [0, 0.05) is 17.5 Å². The van der Waals surface area contributed by atoms with E-state index in [-0.39, 0.29) is 11.4 Å². The topological polar surface area (TPSA) is 81.6 Å². The van der Waals surface area contributed by atoms with Gasteiger partial charge in [0.05, 0.1) is 12.1 Å². The van der Waals surface area contributed by atoms with Crippen LogP contribution in [0.3, 0.4) is 0 Å². The quantitative estimate of drug-likeness (QED) is 0.199. The van der Waals surface area contributed by atoms with E-state index in [4.69, 9.17) is 0 Å². The maximum atomic E-state index is 12.5. The number of hydrogen-bond donors (Lipinski definition) is 4. The van der Waals surface area contributed by atoms with Crippen molar-refractivity contribution in [3.8, 4) is 0 Å². The first-order valence-corrected chi connectivity index (χ1v) is 13.3. The third-order valence-corrected chi connectivity index (χ3v) is 6.01.